The van der Waals surface area contributed by atoms with Crippen molar-refractivity contribution >= 4 is 29.1 Å². The van der Waals surface area contributed by atoms with Gasteiger partial charge < -0.3 is 4.74 Å². The summed E-state index contributed by atoms with van der Waals surface area (Å²) in [5, 5.41) is 0. The van der Waals surface area contributed by atoms with Crippen LogP contribution in [0.4, 0.5) is 0 Å². The Labute approximate surface area is 179 Å². The van der Waals surface area contributed by atoms with Crippen LogP contribution in [0.5, 0.6) is 5.75 Å². The Morgan fingerprint density at radius 1 is 0.900 bits per heavy atom. The van der Waals surface area contributed by atoms with Crippen LogP contribution in [0, 0.1) is 0 Å². The molecule has 1 aliphatic heterocycles. The minimum atomic E-state index is -0.328. The molecular formula is C24H20N2O3S. The van der Waals surface area contributed by atoms with Gasteiger partial charge in [-0.25, -0.2) is 0 Å². The molecule has 0 atom stereocenters. The molecule has 2 heterocycles. The molecule has 0 radical (unpaired) electrons. The van der Waals surface area contributed by atoms with Crippen molar-refractivity contribution in [2.24, 2.45) is 0 Å². The van der Waals surface area contributed by atoms with E-state index in [1.165, 1.54) is 16.7 Å². The maximum absolute atomic E-state index is 13.4. The number of ether oxygens (including phenoxy) is 1. The Balaban J connectivity index is 1.71. The zero-order chi connectivity index (χ0) is 20.9. The third-order valence-electron chi connectivity index (χ3n) is 4.77. The average molecular weight is 417 g/mol. The Bertz CT molecular complexity index is 1100. The fourth-order valence-corrected chi connectivity index (χ4v) is 4.38. The Kier molecular flexibility index (Phi) is 5.95. The monoisotopic (exact) mass is 416 g/mol. The summed E-state index contributed by atoms with van der Waals surface area (Å²) in [5.41, 5.74) is 2.75. The van der Waals surface area contributed by atoms with Gasteiger partial charge in [0.25, 0.3) is 11.8 Å². The summed E-state index contributed by atoms with van der Waals surface area (Å²) in [4.78, 5) is 32.6. The molecule has 6 heteroatoms. The van der Waals surface area contributed by atoms with Crippen LogP contribution in [0.1, 0.15) is 16.8 Å². The van der Waals surface area contributed by atoms with E-state index in [2.05, 4.69) is 4.98 Å². The molecule has 1 aromatic heterocycles. The number of carbonyl (C=O) groups excluding carboxylic acids is 2. The first kappa shape index (κ1) is 19.9. The zero-order valence-electron chi connectivity index (χ0n) is 16.4. The van der Waals surface area contributed by atoms with Crippen LogP contribution >= 0.6 is 11.8 Å². The van der Waals surface area contributed by atoms with Crippen LogP contribution in [-0.4, -0.2) is 28.8 Å². The summed E-state index contributed by atoms with van der Waals surface area (Å²) in [6.07, 6.45) is 1.65. The van der Waals surface area contributed by atoms with Gasteiger partial charge in [0.1, 0.15) is 5.75 Å². The number of methoxy groups -OCH3 is 1. The van der Waals surface area contributed by atoms with Gasteiger partial charge in [0, 0.05) is 17.5 Å². The molecule has 0 unspecified atom stereocenters. The number of amides is 2. The third kappa shape index (κ3) is 4.00. The normalized spacial score (nSPS) is 13.8. The van der Waals surface area contributed by atoms with Crippen LogP contribution < -0.4 is 4.74 Å². The van der Waals surface area contributed by atoms with E-state index in [4.69, 9.17) is 4.74 Å². The second-order valence-corrected chi connectivity index (χ2v) is 7.68. The standard InChI is InChI=1S/C24H20N2O3S/c1-29-20-13-6-5-12-19(20)21-22(30-16-17-9-3-2-4-10-17)24(28)26(23(21)27)15-18-11-7-8-14-25-18/h2-14H,15-16H2,1H3. The quantitative estimate of drug-likeness (QED) is 0.538. The molecule has 0 N–H and O–H groups in total. The van der Waals surface area contributed by atoms with Crippen molar-refractivity contribution in [2.45, 2.75) is 12.3 Å². The van der Waals surface area contributed by atoms with Gasteiger partial charge in [0.05, 0.1) is 29.8 Å². The number of aromatic nitrogens is 1. The summed E-state index contributed by atoms with van der Waals surface area (Å²) in [6, 6.07) is 22.6. The SMILES string of the molecule is COc1ccccc1C1=C(SCc2ccccc2)C(=O)N(Cc2ccccn2)C1=O. The fraction of sp³-hybridized carbons (Fsp3) is 0.125. The van der Waals surface area contributed by atoms with Gasteiger partial charge in [-0.2, -0.15) is 0 Å². The molecule has 150 valence electrons. The van der Waals surface area contributed by atoms with Gasteiger partial charge in [-0.15, -0.1) is 11.8 Å². The molecule has 0 spiro atoms. The molecule has 0 bridgehead atoms. The highest BCUT2D eigenvalue weighted by atomic mass is 32.2. The maximum atomic E-state index is 13.4. The molecule has 2 aromatic carbocycles. The summed E-state index contributed by atoms with van der Waals surface area (Å²) < 4.78 is 5.47. The van der Waals surface area contributed by atoms with Gasteiger partial charge in [-0.05, 0) is 23.8 Å². The number of pyridine rings is 1. The molecule has 0 fully saturated rings. The Morgan fingerprint density at radius 2 is 1.63 bits per heavy atom. The largest absolute Gasteiger partial charge is 0.496 e. The molecule has 5 nitrogen and oxygen atoms in total. The van der Waals surface area contributed by atoms with Crippen LogP contribution in [-0.2, 0) is 21.9 Å². The van der Waals surface area contributed by atoms with Gasteiger partial charge in [0.15, 0.2) is 0 Å². The van der Waals surface area contributed by atoms with E-state index in [9.17, 15) is 9.59 Å². The summed E-state index contributed by atoms with van der Waals surface area (Å²) >= 11 is 1.38. The summed E-state index contributed by atoms with van der Waals surface area (Å²) in [6.45, 7) is 0.132. The lowest BCUT2D eigenvalue weighted by molar-refractivity contribution is -0.137. The number of benzene rings is 2. The average Bonchev–Trinajstić information content (AvgIpc) is 3.03. The topological polar surface area (TPSA) is 59.5 Å². The molecule has 0 saturated carbocycles. The number of nitrogens with zero attached hydrogens (tertiary/aromatic N) is 2. The lowest BCUT2D eigenvalue weighted by Gasteiger charge is -2.15. The van der Waals surface area contributed by atoms with E-state index in [1.54, 1.807) is 31.5 Å². The molecule has 3 aromatic rings. The van der Waals surface area contributed by atoms with Crippen molar-refractivity contribution in [1.29, 1.82) is 0 Å². The second-order valence-electron chi connectivity index (χ2n) is 6.70. The highest BCUT2D eigenvalue weighted by molar-refractivity contribution is 8.03. The Morgan fingerprint density at radius 3 is 2.37 bits per heavy atom. The molecule has 0 saturated heterocycles. The minimum absolute atomic E-state index is 0.132. The molecule has 0 aliphatic carbocycles. The highest BCUT2D eigenvalue weighted by Crippen LogP contribution is 2.40. The number of carbonyl (C=O) groups is 2. The number of hydrogen-bond acceptors (Lipinski definition) is 5. The highest BCUT2D eigenvalue weighted by Gasteiger charge is 2.40. The minimum Gasteiger partial charge on any atom is -0.496 e. The van der Waals surface area contributed by atoms with Crippen molar-refractivity contribution in [1.82, 2.24) is 9.88 Å². The number of imide groups is 1. The van der Waals surface area contributed by atoms with Gasteiger partial charge in [0.2, 0.25) is 0 Å². The molecule has 1 aliphatic rings. The van der Waals surface area contributed by atoms with Crippen LogP contribution in [0.3, 0.4) is 0 Å². The second kappa shape index (κ2) is 8.97. The fourth-order valence-electron chi connectivity index (χ4n) is 3.30. The van der Waals surface area contributed by atoms with Crippen LogP contribution in [0.2, 0.25) is 0 Å². The first-order valence-corrected chi connectivity index (χ1v) is 10.5. The first-order valence-electron chi connectivity index (χ1n) is 9.49. The third-order valence-corrected chi connectivity index (χ3v) is 5.92. The predicted molar refractivity (Wildman–Crippen MR) is 117 cm³/mol. The molecular weight excluding hydrogens is 396 g/mol. The van der Waals surface area contributed by atoms with Crippen molar-refractivity contribution < 1.29 is 14.3 Å². The lowest BCUT2D eigenvalue weighted by Crippen LogP contribution is -2.31. The number of para-hydroxylation sites is 1. The first-order chi connectivity index (χ1) is 14.7. The van der Waals surface area contributed by atoms with E-state index in [-0.39, 0.29) is 18.4 Å². The summed E-state index contributed by atoms with van der Waals surface area (Å²) in [7, 11) is 1.56. The number of rotatable bonds is 7. The molecule has 2 amide bonds. The van der Waals surface area contributed by atoms with Gasteiger partial charge >= 0.3 is 0 Å². The van der Waals surface area contributed by atoms with Gasteiger partial charge in [-0.1, -0.05) is 54.6 Å². The van der Waals surface area contributed by atoms with E-state index >= 15 is 0 Å². The van der Waals surface area contributed by atoms with Crippen LogP contribution in [0.15, 0.2) is 83.9 Å². The molecule has 4 rings (SSSR count). The van der Waals surface area contributed by atoms with Crippen molar-refractivity contribution in [3.63, 3.8) is 0 Å². The van der Waals surface area contributed by atoms with Crippen LogP contribution in [0.25, 0.3) is 5.57 Å². The smallest absolute Gasteiger partial charge is 0.268 e. The number of hydrogen-bond donors (Lipinski definition) is 0. The lowest BCUT2D eigenvalue weighted by atomic mass is 10.1. The van der Waals surface area contributed by atoms with Crippen molar-refractivity contribution in [2.75, 3.05) is 7.11 Å². The Hall–Kier alpha value is -3.38. The van der Waals surface area contributed by atoms with E-state index in [0.717, 1.165) is 5.56 Å². The maximum Gasteiger partial charge on any atom is 0.268 e. The predicted octanol–water partition coefficient (Wildman–Crippen LogP) is 4.30. The summed E-state index contributed by atoms with van der Waals surface area (Å²) in [5.74, 6) is 0.523. The van der Waals surface area contributed by atoms with Gasteiger partial charge in [-0.3, -0.25) is 19.5 Å². The van der Waals surface area contributed by atoms with Crippen molar-refractivity contribution in [3.05, 3.63) is 101 Å². The van der Waals surface area contributed by atoms with Crippen molar-refractivity contribution in [3.8, 4) is 5.75 Å². The van der Waals surface area contributed by atoms with E-state index in [1.807, 2.05) is 54.6 Å². The van der Waals surface area contributed by atoms with E-state index < -0.39 is 0 Å². The number of thioether (sulfide) groups is 1. The molecule has 30 heavy (non-hydrogen) atoms. The zero-order valence-corrected chi connectivity index (χ0v) is 17.3. The van der Waals surface area contributed by atoms with E-state index in [0.29, 0.717) is 33.2 Å².